The SMILES string of the molecule is COc1ccc2[nH]cc(CCNC(=O)C(C)n3nnc4ccccc4c3=O)c2c1. The molecule has 0 bridgehead atoms. The monoisotopic (exact) mass is 391 g/mol. The molecule has 1 unspecified atom stereocenters. The van der Waals surface area contributed by atoms with Gasteiger partial charge >= 0.3 is 0 Å². The highest BCUT2D eigenvalue weighted by Crippen LogP contribution is 2.23. The number of H-pyrrole nitrogens is 1. The molecular weight excluding hydrogens is 370 g/mol. The third kappa shape index (κ3) is 3.56. The fraction of sp³-hybridized carbons (Fsp3) is 0.238. The first-order valence-electron chi connectivity index (χ1n) is 9.34. The Kier molecular flexibility index (Phi) is 4.99. The van der Waals surface area contributed by atoms with Gasteiger partial charge in [-0.25, -0.2) is 0 Å². The molecule has 0 saturated heterocycles. The number of carbonyl (C=O) groups excluding carboxylic acids is 1. The average Bonchev–Trinajstić information content (AvgIpc) is 3.15. The number of nitrogens with zero attached hydrogens (tertiary/aromatic N) is 3. The Morgan fingerprint density at radius 2 is 2.07 bits per heavy atom. The summed E-state index contributed by atoms with van der Waals surface area (Å²) in [7, 11) is 1.63. The minimum absolute atomic E-state index is 0.283. The van der Waals surface area contributed by atoms with Crippen molar-refractivity contribution in [2.75, 3.05) is 13.7 Å². The molecule has 1 atom stereocenters. The Hall–Kier alpha value is -3.68. The molecule has 8 heteroatoms. The number of nitrogens with one attached hydrogen (secondary N) is 2. The molecule has 29 heavy (non-hydrogen) atoms. The Morgan fingerprint density at radius 3 is 2.90 bits per heavy atom. The highest BCUT2D eigenvalue weighted by Gasteiger charge is 2.19. The third-order valence-electron chi connectivity index (χ3n) is 5.01. The fourth-order valence-electron chi connectivity index (χ4n) is 3.33. The van der Waals surface area contributed by atoms with Gasteiger partial charge in [-0.15, -0.1) is 5.10 Å². The van der Waals surface area contributed by atoms with E-state index < -0.39 is 6.04 Å². The summed E-state index contributed by atoms with van der Waals surface area (Å²) in [6.45, 7) is 2.07. The molecule has 8 nitrogen and oxygen atoms in total. The number of carbonyl (C=O) groups is 1. The number of fused-ring (bicyclic) bond motifs is 2. The van der Waals surface area contributed by atoms with E-state index in [1.807, 2.05) is 24.4 Å². The van der Waals surface area contributed by atoms with Crippen LogP contribution >= 0.6 is 0 Å². The number of rotatable bonds is 6. The zero-order valence-electron chi connectivity index (χ0n) is 16.2. The highest BCUT2D eigenvalue weighted by molar-refractivity contribution is 5.85. The van der Waals surface area contributed by atoms with E-state index in [1.54, 1.807) is 38.3 Å². The number of methoxy groups -OCH3 is 1. The van der Waals surface area contributed by atoms with Gasteiger partial charge in [-0.2, -0.15) is 4.68 Å². The maximum Gasteiger partial charge on any atom is 0.278 e. The van der Waals surface area contributed by atoms with E-state index in [1.165, 1.54) is 0 Å². The van der Waals surface area contributed by atoms with Crippen LogP contribution in [0.15, 0.2) is 53.5 Å². The quantitative estimate of drug-likeness (QED) is 0.525. The van der Waals surface area contributed by atoms with E-state index in [0.29, 0.717) is 23.9 Å². The van der Waals surface area contributed by atoms with Gasteiger partial charge < -0.3 is 15.0 Å². The van der Waals surface area contributed by atoms with Gasteiger partial charge in [0.2, 0.25) is 5.91 Å². The van der Waals surface area contributed by atoms with Crippen LogP contribution in [0.3, 0.4) is 0 Å². The summed E-state index contributed by atoms with van der Waals surface area (Å²) in [4.78, 5) is 28.4. The minimum Gasteiger partial charge on any atom is -0.497 e. The summed E-state index contributed by atoms with van der Waals surface area (Å²) in [6.07, 6.45) is 2.57. The van der Waals surface area contributed by atoms with Gasteiger partial charge in [0, 0.05) is 23.6 Å². The van der Waals surface area contributed by atoms with Crippen molar-refractivity contribution in [3.05, 3.63) is 64.6 Å². The lowest BCUT2D eigenvalue weighted by atomic mass is 10.1. The smallest absolute Gasteiger partial charge is 0.278 e. The third-order valence-corrected chi connectivity index (χ3v) is 5.01. The summed E-state index contributed by atoms with van der Waals surface area (Å²) in [5, 5.41) is 12.3. The molecule has 2 aromatic carbocycles. The molecule has 2 N–H and O–H groups in total. The van der Waals surface area contributed by atoms with Crippen LogP contribution in [-0.2, 0) is 11.2 Å². The van der Waals surface area contributed by atoms with E-state index in [9.17, 15) is 9.59 Å². The number of hydrogen-bond donors (Lipinski definition) is 2. The Labute approximate surface area is 166 Å². The summed E-state index contributed by atoms with van der Waals surface area (Å²) in [5.74, 6) is 0.499. The first kappa shape index (κ1) is 18.7. The molecule has 4 rings (SSSR count). The van der Waals surface area contributed by atoms with Gasteiger partial charge in [-0.1, -0.05) is 17.3 Å². The van der Waals surface area contributed by atoms with E-state index >= 15 is 0 Å². The van der Waals surface area contributed by atoms with Crippen LogP contribution in [0.25, 0.3) is 21.8 Å². The van der Waals surface area contributed by atoms with Crippen LogP contribution in [0, 0.1) is 0 Å². The second-order valence-electron chi connectivity index (χ2n) is 6.80. The van der Waals surface area contributed by atoms with Gasteiger partial charge in [0.25, 0.3) is 5.56 Å². The number of amides is 1. The first-order valence-corrected chi connectivity index (χ1v) is 9.34. The second-order valence-corrected chi connectivity index (χ2v) is 6.80. The number of hydrogen-bond acceptors (Lipinski definition) is 5. The average molecular weight is 391 g/mol. The number of ether oxygens (including phenoxy) is 1. The lowest BCUT2D eigenvalue weighted by molar-refractivity contribution is -0.124. The predicted octanol–water partition coefficient (Wildman–Crippen LogP) is 2.20. The molecule has 1 amide bonds. The normalized spacial score (nSPS) is 12.2. The second kappa shape index (κ2) is 7.75. The van der Waals surface area contributed by atoms with E-state index in [4.69, 9.17) is 4.74 Å². The van der Waals surface area contributed by atoms with Crippen LogP contribution in [0.2, 0.25) is 0 Å². The van der Waals surface area contributed by atoms with Crippen LogP contribution in [0.5, 0.6) is 5.75 Å². The maximum atomic E-state index is 12.6. The minimum atomic E-state index is -0.761. The van der Waals surface area contributed by atoms with Crippen molar-refractivity contribution >= 4 is 27.7 Å². The predicted molar refractivity (Wildman–Crippen MR) is 110 cm³/mol. The number of aromatic amines is 1. The topological polar surface area (TPSA) is 102 Å². The van der Waals surface area contributed by atoms with Crippen molar-refractivity contribution in [3.8, 4) is 5.75 Å². The Bertz CT molecular complexity index is 1240. The number of benzene rings is 2. The fourth-order valence-corrected chi connectivity index (χ4v) is 3.33. The largest absolute Gasteiger partial charge is 0.497 e. The van der Waals surface area contributed by atoms with E-state index in [0.717, 1.165) is 26.9 Å². The molecule has 0 fully saturated rings. The van der Waals surface area contributed by atoms with E-state index in [2.05, 4.69) is 20.6 Å². The molecule has 2 aromatic heterocycles. The van der Waals surface area contributed by atoms with Gasteiger partial charge in [-0.3, -0.25) is 9.59 Å². The molecule has 148 valence electrons. The van der Waals surface area contributed by atoms with Crippen LogP contribution in [0.1, 0.15) is 18.5 Å². The summed E-state index contributed by atoms with van der Waals surface area (Å²) < 4.78 is 6.40. The summed E-state index contributed by atoms with van der Waals surface area (Å²) >= 11 is 0. The van der Waals surface area contributed by atoms with Crippen molar-refractivity contribution in [1.82, 2.24) is 25.3 Å². The van der Waals surface area contributed by atoms with Crippen molar-refractivity contribution in [2.45, 2.75) is 19.4 Å². The van der Waals surface area contributed by atoms with Gasteiger partial charge in [0.15, 0.2) is 0 Å². The first-order chi connectivity index (χ1) is 14.1. The lowest BCUT2D eigenvalue weighted by Crippen LogP contribution is -2.38. The van der Waals surface area contributed by atoms with Crippen molar-refractivity contribution < 1.29 is 9.53 Å². The standard InChI is InChI=1S/C21H21N5O3/c1-13(26-21(28)16-5-3-4-6-19(16)24-25-26)20(27)22-10-9-14-12-23-18-8-7-15(29-2)11-17(14)18/h3-8,11-13,23H,9-10H2,1-2H3,(H,22,27). The molecule has 0 aliphatic rings. The van der Waals surface area contributed by atoms with Gasteiger partial charge in [-0.05, 0) is 49.2 Å². The van der Waals surface area contributed by atoms with Crippen LogP contribution in [0.4, 0.5) is 0 Å². The van der Waals surface area contributed by atoms with E-state index in [-0.39, 0.29) is 11.5 Å². The van der Waals surface area contributed by atoms with Crippen molar-refractivity contribution in [3.63, 3.8) is 0 Å². The Balaban J connectivity index is 1.45. The number of aromatic nitrogens is 4. The molecule has 0 aliphatic carbocycles. The lowest BCUT2D eigenvalue weighted by Gasteiger charge is -2.13. The molecule has 4 aromatic rings. The van der Waals surface area contributed by atoms with Crippen LogP contribution < -0.4 is 15.6 Å². The van der Waals surface area contributed by atoms with Crippen molar-refractivity contribution in [2.24, 2.45) is 0 Å². The molecular formula is C21H21N5O3. The highest BCUT2D eigenvalue weighted by atomic mass is 16.5. The summed E-state index contributed by atoms with van der Waals surface area (Å²) in [5.41, 5.74) is 2.27. The molecule has 0 aliphatic heterocycles. The summed E-state index contributed by atoms with van der Waals surface area (Å²) in [6, 6.07) is 12.0. The Morgan fingerprint density at radius 1 is 1.24 bits per heavy atom. The molecule has 0 spiro atoms. The zero-order chi connectivity index (χ0) is 20.4. The maximum absolute atomic E-state index is 12.6. The molecule has 0 radical (unpaired) electrons. The molecule has 2 heterocycles. The van der Waals surface area contributed by atoms with Gasteiger partial charge in [0.05, 0.1) is 12.5 Å². The zero-order valence-corrected chi connectivity index (χ0v) is 16.2. The van der Waals surface area contributed by atoms with Gasteiger partial charge in [0.1, 0.15) is 17.3 Å². The van der Waals surface area contributed by atoms with Crippen molar-refractivity contribution in [1.29, 1.82) is 0 Å². The van der Waals surface area contributed by atoms with Crippen LogP contribution in [-0.4, -0.2) is 39.5 Å². The molecule has 0 saturated carbocycles.